The third-order valence-corrected chi connectivity index (χ3v) is 8.04. The molecule has 8 nitrogen and oxygen atoms in total. The van der Waals surface area contributed by atoms with Crippen LogP contribution in [0.15, 0.2) is 82.8 Å². The largest absolute Gasteiger partial charge is 0.271 e. The van der Waals surface area contributed by atoms with Crippen LogP contribution in [-0.2, 0) is 14.8 Å². The molecule has 12 heteroatoms. The van der Waals surface area contributed by atoms with Crippen LogP contribution in [0.1, 0.15) is 16.8 Å². The topological polar surface area (TPSA) is 96.7 Å². The summed E-state index contributed by atoms with van der Waals surface area (Å²) in [7, 11) is -4.15. The summed E-state index contributed by atoms with van der Waals surface area (Å²) in [6, 6.07) is 20.0. The van der Waals surface area contributed by atoms with Crippen LogP contribution >= 0.6 is 34.8 Å². The van der Waals surface area contributed by atoms with Crippen molar-refractivity contribution in [2.24, 2.45) is 5.10 Å². The van der Waals surface area contributed by atoms with E-state index in [0.717, 1.165) is 15.6 Å². The van der Waals surface area contributed by atoms with Crippen molar-refractivity contribution in [2.45, 2.75) is 18.7 Å². The van der Waals surface area contributed by atoms with Crippen LogP contribution in [0.5, 0.6) is 0 Å². The van der Waals surface area contributed by atoms with Gasteiger partial charge in [0, 0.05) is 10.0 Å². The van der Waals surface area contributed by atoms with E-state index in [1.54, 1.807) is 16.8 Å². The third kappa shape index (κ3) is 6.19. The zero-order valence-electron chi connectivity index (χ0n) is 20.3. The summed E-state index contributed by atoms with van der Waals surface area (Å²) in [5.74, 6) is -0.697. The predicted molar refractivity (Wildman–Crippen MR) is 151 cm³/mol. The summed E-state index contributed by atoms with van der Waals surface area (Å²) in [5.41, 5.74) is 5.40. The molecule has 38 heavy (non-hydrogen) atoms. The number of hydrazone groups is 1. The van der Waals surface area contributed by atoms with E-state index in [1.807, 2.05) is 44.2 Å². The summed E-state index contributed by atoms with van der Waals surface area (Å²) in [6.45, 7) is 3.07. The molecule has 4 rings (SSSR count). The minimum Gasteiger partial charge on any atom is -0.271 e. The Morgan fingerprint density at radius 3 is 2.26 bits per heavy atom. The van der Waals surface area contributed by atoms with E-state index in [9.17, 15) is 13.2 Å². The Balaban J connectivity index is 1.58. The monoisotopic (exact) mass is 589 g/mol. The van der Waals surface area contributed by atoms with Crippen LogP contribution in [0.2, 0.25) is 15.2 Å². The lowest BCUT2D eigenvalue weighted by atomic mass is 10.2. The molecule has 1 amide bonds. The van der Waals surface area contributed by atoms with Gasteiger partial charge in [-0.15, -0.1) is 0 Å². The molecular weight excluding hydrogens is 569 g/mol. The number of hydrogen-bond acceptors (Lipinski definition) is 5. The fourth-order valence-electron chi connectivity index (χ4n) is 3.62. The van der Waals surface area contributed by atoms with Gasteiger partial charge in [-0.2, -0.15) is 10.2 Å². The second-order valence-electron chi connectivity index (χ2n) is 8.28. The second-order valence-corrected chi connectivity index (χ2v) is 11.4. The van der Waals surface area contributed by atoms with Crippen LogP contribution in [-0.4, -0.2) is 36.9 Å². The van der Waals surface area contributed by atoms with Crippen molar-refractivity contribution in [1.82, 2.24) is 15.2 Å². The molecule has 3 aromatic carbocycles. The van der Waals surface area contributed by atoms with Gasteiger partial charge in [-0.1, -0.05) is 70.7 Å². The molecular formula is C26H22Cl3N5O3S. The Labute approximate surface area is 235 Å². The molecule has 1 heterocycles. The average Bonchev–Trinajstić information content (AvgIpc) is 3.16. The Morgan fingerprint density at radius 1 is 1.00 bits per heavy atom. The fraction of sp³-hybridized carbons (Fsp3) is 0.115. The van der Waals surface area contributed by atoms with Crippen molar-refractivity contribution in [3.8, 4) is 5.69 Å². The first kappa shape index (κ1) is 27.7. The molecule has 4 aromatic rings. The second kappa shape index (κ2) is 11.6. The lowest BCUT2D eigenvalue weighted by Crippen LogP contribution is -2.39. The van der Waals surface area contributed by atoms with Crippen LogP contribution in [0.25, 0.3) is 5.69 Å². The number of benzene rings is 3. The number of carbonyl (C=O) groups excluding carboxylic acids is 1. The van der Waals surface area contributed by atoms with Crippen LogP contribution < -0.4 is 9.73 Å². The number of aromatic nitrogens is 2. The number of aryl methyl sites for hydroxylation is 1. The standard InChI is InChI=1S/C26H22Cl3N5O3S/c1-17-8-10-23(11-9-17)38(36,37)33(22-13-19(27)12-20(28)14-22)16-25(35)31-30-15-24-18(2)34(32-26(24)29)21-6-4-3-5-7-21/h3-15H,16H2,1-2H3,(H,31,35)/b30-15-. The van der Waals surface area contributed by atoms with Gasteiger partial charge in [0.2, 0.25) is 0 Å². The SMILES string of the molecule is Cc1ccc(S(=O)(=O)N(CC(=O)N/N=C\c2c(Cl)nn(-c3ccccc3)c2C)c2cc(Cl)cc(Cl)c2)cc1. The molecule has 0 aliphatic rings. The van der Waals surface area contributed by atoms with Crippen molar-refractivity contribution < 1.29 is 13.2 Å². The number of carbonyl (C=O) groups is 1. The molecule has 1 aromatic heterocycles. The molecule has 1 N–H and O–H groups in total. The minimum absolute atomic E-state index is 0.00577. The maximum Gasteiger partial charge on any atom is 0.264 e. The summed E-state index contributed by atoms with van der Waals surface area (Å²) in [5, 5.41) is 8.93. The molecule has 0 unspecified atom stereocenters. The van der Waals surface area contributed by atoms with Gasteiger partial charge in [0.25, 0.3) is 15.9 Å². The molecule has 0 saturated carbocycles. The molecule has 0 saturated heterocycles. The van der Waals surface area contributed by atoms with E-state index in [0.29, 0.717) is 11.3 Å². The first-order valence-corrected chi connectivity index (χ1v) is 13.8. The first-order chi connectivity index (χ1) is 18.1. The molecule has 0 spiro atoms. The van der Waals surface area contributed by atoms with Crippen molar-refractivity contribution in [2.75, 3.05) is 10.8 Å². The van der Waals surface area contributed by atoms with Gasteiger partial charge in [0.15, 0.2) is 5.15 Å². The van der Waals surface area contributed by atoms with Gasteiger partial charge in [-0.05, 0) is 56.3 Å². The molecule has 0 fully saturated rings. The number of halogens is 3. The van der Waals surface area contributed by atoms with Crippen LogP contribution in [0.3, 0.4) is 0 Å². The highest BCUT2D eigenvalue weighted by molar-refractivity contribution is 7.92. The lowest BCUT2D eigenvalue weighted by molar-refractivity contribution is -0.119. The number of hydrogen-bond donors (Lipinski definition) is 1. The van der Waals surface area contributed by atoms with E-state index in [1.165, 1.54) is 36.5 Å². The Kier molecular flexibility index (Phi) is 8.42. The highest BCUT2D eigenvalue weighted by Gasteiger charge is 2.28. The normalized spacial score (nSPS) is 11.6. The lowest BCUT2D eigenvalue weighted by Gasteiger charge is -2.24. The maximum absolute atomic E-state index is 13.5. The summed E-state index contributed by atoms with van der Waals surface area (Å²) in [4.78, 5) is 12.9. The summed E-state index contributed by atoms with van der Waals surface area (Å²) >= 11 is 18.5. The van der Waals surface area contributed by atoms with Crippen molar-refractivity contribution in [3.63, 3.8) is 0 Å². The van der Waals surface area contributed by atoms with E-state index in [2.05, 4.69) is 15.6 Å². The molecule has 0 aliphatic carbocycles. The molecule has 0 radical (unpaired) electrons. The Hall–Kier alpha value is -3.37. The third-order valence-electron chi connectivity index (χ3n) is 5.53. The van der Waals surface area contributed by atoms with Gasteiger partial charge in [-0.3, -0.25) is 9.10 Å². The van der Waals surface area contributed by atoms with Crippen molar-refractivity contribution in [3.05, 3.63) is 105 Å². The predicted octanol–water partition coefficient (Wildman–Crippen LogP) is 5.79. The molecule has 196 valence electrons. The highest BCUT2D eigenvalue weighted by atomic mass is 35.5. The Bertz CT molecular complexity index is 1590. The zero-order chi connectivity index (χ0) is 27.4. The highest BCUT2D eigenvalue weighted by Crippen LogP contribution is 2.30. The molecule has 0 atom stereocenters. The van der Waals surface area contributed by atoms with E-state index >= 15 is 0 Å². The Morgan fingerprint density at radius 2 is 1.63 bits per heavy atom. The number of amides is 1. The van der Waals surface area contributed by atoms with E-state index in [-0.39, 0.29) is 25.8 Å². The van der Waals surface area contributed by atoms with Crippen LogP contribution in [0.4, 0.5) is 5.69 Å². The minimum atomic E-state index is -4.15. The number of para-hydroxylation sites is 1. The average molecular weight is 591 g/mol. The van der Waals surface area contributed by atoms with Gasteiger partial charge in [0.05, 0.1) is 33.7 Å². The number of nitrogens with one attached hydrogen (secondary N) is 1. The quantitative estimate of drug-likeness (QED) is 0.207. The zero-order valence-corrected chi connectivity index (χ0v) is 23.4. The van der Waals surface area contributed by atoms with Gasteiger partial charge >= 0.3 is 0 Å². The number of rotatable bonds is 8. The maximum atomic E-state index is 13.5. The van der Waals surface area contributed by atoms with Crippen molar-refractivity contribution in [1.29, 1.82) is 0 Å². The van der Waals surface area contributed by atoms with E-state index < -0.39 is 22.5 Å². The number of anilines is 1. The molecule has 0 aliphatic heterocycles. The van der Waals surface area contributed by atoms with Crippen LogP contribution in [0, 0.1) is 13.8 Å². The molecule has 0 bridgehead atoms. The first-order valence-electron chi connectivity index (χ1n) is 11.2. The van der Waals surface area contributed by atoms with E-state index in [4.69, 9.17) is 34.8 Å². The fourth-order valence-corrected chi connectivity index (χ4v) is 5.80. The smallest absolute Gasteiger partial charge is 0.264 e. The summed E-state index contributed by atoms with van der Waals surface area (Å²) in [6.07, 6.45) is 1.36. The van der Waals surface area contributed by atoms with Gasteiger partial charge in [-0.25, -0.2) is 18.5 Å². The van der Waals surface area contributed by atoms with Crippen molar-refractivity contribution >= 4 is 62.6 Å². The summed E-state index contributed by atoms with van der Waals surface area (Å²) < 4.78 is 29.6. The number of nitrogens with zero attached hydrogens (tertiary/aromatic N) is 4. The van der Waals surface area contributed by atoms with Gasteiger partial charge in [0.1, 0.15) is 6.54 Å². The van der Waals surface area contributed by atoms with Gasteiger partial charge < -0.3 is 0 Å². The number of sulfonamides is 1.